The summed E-state index contributed by atoms with van der Waals surface area (Å²) in [7, 11) is 1.31. The zero-order chi connectivity index (χ0) is 19.2. The van der Waals surface area contributed by atoms with Crippen molar-refractivity contribution < 1.29 is 14.3 Å². The van der Waals surface area contributed by atoms with Gasteiger partial charge < -0.3 is 15.0 Å². The number of ether oxygens (including phenoxy) is 1. The largest absolute Gasteiger partial charge is 0.468 e. The Labute approximate surface area is 155 Å². The summed E-state index contributed by atoms with van der Waals surface area (Å²) in [6.45, 7) is 6.62. The fourth-order valence-corrected chi connectivity index (χ4v) is 2.48. The summed E-state index contributed by atoms with van der Waals surface area (Å²) in [5, 5.41) is 2.85. The van der Waals surface area contributed by atoms with Gasteiger partial charge in [-0.2, -0.15) is 0 Å². The standard InChI is InChI=1S/C21H26N2O3/c1-21(2,3)17-10-12-18(13-11-17)22-20(25)23(15-19(24)26-4)14-16-8-6-5-7-9-16/h5-13H,14-15H2,1-4H3,(H,22,25). The van der Waals surface area contributed by atoms with Crippen molar-refractivity contribution in [2.24, 2.45) is 0 Å². The van der Waals surface area contributed by atoms with E-state index < -0.39 is 5.97 Å². The second kappa shape index (κ2) is 8.52. The Kier molecular flexibility index (Phi) is 6.39. The molecule has 2 rings (SSSR count). The van der Waals surface area contributed by atoms with Crippen LogP contribution < -0.4 is 5.32 Å². The smallest absolute Gasteiger partial charge is 0.325 e. The van der Waals surface area contributed by atoms with Crippen LogP contribution >= 0.6 is 0 Å². The molecule has 0 fully saturated rings. The Hall–Kier alpha value is -2.82. The van der Waals surface area contributed by atoms with Crippen LogP contribution in [0, 0.1) is 0 Å². The maximum Gasteiger partial charge on any atom is 0.325 e. The monoisotopic (exact) mass is 354 g/mol. The van der Waals surface area contributed by atoms with Gasteiger partial charge in [-0.3, -0.25) is 4.79 Å². The number of nitrogens with zero attached hydrogens (tertiary/aromatic N) is 1. The van der Waals surface area contributed by atoms with Gasteiger partial charge in [-0.05, 0) is 28.7 Å². The highest BCUT2D eigenvalue weighted by Crippen LogP contribution is 2.23. The molecular weight excluding hydrogens is 328 g/mol. The highest BCUT2D eigenvalue weighted by atomic mass is 16.5. The molecule has 0 heterocycles. The SMILES string of the molecule is COC(=O)CN(Cc1ccccc1)C(=O)Nc1ccc(C(C)(C)C)cc1. The van der Waals surface area contributed by atoms with Gasteiger partial charge in [0.2, 0.25) is 0 Å². The van der Waals surface area contributed by atoms with E-state index in [1.54, 1.807) is 0 Å². The number of methoxy groups -OCH3 is 1. The van der Waals surface area contributed by atoms with Crippen molar-refractivity contribution in [1.29, 1.82) is 0 Å². The lowest BCUT2D eigenvalue weighted by atomic mass is 9.87. The molecule has 0 atom stereocenters. The van der Waals surface area contributed by atoms with Gasteiger partial charge in [0.1, 0.15) is 6.54 Å². The molecule has 0 saturated heterocycles. The van der Waals surface area contributed by atoms with E-state index in [4.69, 9.17) is 4.74 Å². The molecule has 2 aromatic rings. The van der Waals surface area contributed by atoms with Crippen LogP contribution in [0.1, 0.15) is 31.9 Å². The number of anilines is 1. The molecule has 0 bridgehead atoms. The lowest BCUT2D eigenvalue weighted by molar-refractivity contribution is -0.141. The molecule has 0 aliphatic heterocycles. The molecule has 0 aromatic heterocycles. The Bertz CT molecular complexity index is 734. The van der Waals surface area contributed by atoms with Gasteiger partial charge in [-0.1, -0.05) is 63.2 Å². The Morgan fingerprint density at radius 1 is 1.00 bits per heavy atom. The molecule has 0 aliphatic rings. The molecule has 0 unspecified atom stereocenters. The highest BCUT2D eigenvalue weighted by Gasteiger charge is 2.19. The van der Waals surface area contributed by atoms with Crippen LogP contribution in [0.3, 0.4) is 0 Å². The molecule has 138 valence electrons. The van der Waals surface area contributed by atoms with E-state index in [9.17, 15) is 9.59 Å². The van der Waals surface area contributed by atoms with E-state index in [0.717, 1.165) is 5.56 Å². The first kappa shape index (κ1) is 19.5. The minimum Gasteiger partial charge on any atom is -0.468 e. The molecule has 5 nitrogen and oxygen atoms in total. The topological polar surface area (TPSA) is 58.6 Å². The lowest BCUT2D eigenvalue weighted by Crippen LogP contribution is -2.38. The number of benzene rings is 2. The molecular formula is C21H26N2O3. The first-order valence-corrected chi connectivity index (χ1v) is 8.57. The van der Waals surface area contributed by atoms with Crippen LogP contribution in [-0.2, 0) is 21.5 Å². The van der Waals surface area contributed by atoms with Crippen molar-refractivity contribution in [3.63, 3.8) is 0 Å². The van der Waals surface area contributed by atoms with Gasteiger partial charge in [-0.25, -0.2) is 4.79 Å². The van der Waals surface area contributed by atoms with Crippen molar-refractivity contribution >= 4 is 17.7 Å². The average molecular weight is 354 g/mol. The number of carbonyl (C=O) groups excluding carboxylic acids is 2. The fraction of sp³-hybridized carbons (Fsp3) is 0.333. The normalized spacial score (nSPS) is 10.9. The molecule has 0 spiro atoms. The van der Waals surface area contributed by atoms with E-state index in [-0.39, 0.29) is 18.0 Å². The van der Waals surface area contributed by atoms with E-state index in [2.05, 4.69) is 26.1 Å². The zero-order valence-corrected chi connectivity index (χ0v) is 15.8. The lowest BCUT2D eigenvalue weighted by Gasteiger charge is -2.23. The summed E-state index contributed by atoms with van der Waals surface area (Å²) in [4.78, 5) is 25.8. The quantitative estimate of drug-likeness (QED) is 0.819. The number of carbonyl (C=O) groups is 2. The van der Waals surface area contributed by atoms with Crippen LogP contribution in [-0.4, -0.2) is 30.6 Å². The Balaban J connectivity index is 2.11. The zero-order valence-electron chi connectivity index (χ0n) is 15.8. The van der Waals surface area contributed by atoms with Crippen molar-refractivity contribution in [2.75, 3.05) is 19.0 Å². The Morgan fingerprint density at radius 3 is 2.15 bits per heavy atom. The third-order valence-corrected chi connectivity index (χ3v) is 4.05. The van der Waals surface area contributed by atoms with E-state index in [0.29, 0.717) is 12.2 Å². The third-order valence-electron chi connectivity index (χ3n) is 4.05. The predicted octanol–water partition coefficient (Wildman–Crippen LogP) is 4.19. The number of rotatable bonds is 5. The van der Waals surface area contributed by atoms with Crippen molar-refractivity contribution in [2.45, 2.75) is 32.7 Å². The molecule has 2 amide bonds. The first-order chi connectivity index (χ1) is 12.3. The maximum absolute atomic E-state index is 12.7. The molecule has 5 heteroatoms. The fourth-order valence-electron chi connectivity index (χ4n) is 2.48. The average Bonchev–Trinajstić information content (AvgIpc) is 2.61. The maximum atomic E-state index is 12.7. The molecule has 0 radical (unpaired) electrons. The summed E-state index contributed by atoms with van der Waals surface area (Å²) >= 11 is 0. The van der Waals surface area contributed by atoms with Gasteiger partial charge in [0.15, 0.2) is 0 Å². The number of nitrogens with one attached hydrogen (secondary N) is 1. The highest BCUT2D eigenvalue weighted by molar-refractivity contribution is 5.91. The number of esters is 1. The molecule has 0 aliphatic carbocycles. The van der Waals surface area contributed by atoms with Crippen LogP contribution in [0.5, 0.6) is 0 Å². The molecule has 0 saturated carbocycles. The number of amides is 2. The number of hydrogen-bond acceptors (Lipinski definition) is 3. The molecule has 26 heavy (non-hydrogen) atoms. The molecule has 1 N–H and O–H groups in total. The van der Waals surface area contributed by atoms with E-state index >= 15 is 0 Å². The van der Waals surface area contributed by atoms with Crippen LogP contribution in [0.2, 0.25) is 0 Å². The minimum absolute atomic E-state index is 0.0484. The van der Waals surface area contributed by atoms with Crippen molar-refractivity contribution in [1.82, 2.24) is 4.90 Å². The van der Waals surface area contributed by atoms with Gasteiger partial charge in [-0.15, -0.1) is 0 Å². The summed E-state index contributed by atoms with van der Waals surface area (Å²) in [5.74, 6) is -0.459. The summed E-state index contributed by atoms with van der Waals surface area (Å²) in [6, 6.07) is 16.9. The number of urea groups is 1. The second-order valence-corrected chi connectivity index (χ2v) is 7.18. The summed E-state index contributed by atoms with van der Waals surface area (Å²) < 4.78 is 4.71. The number of hydrogen-bond donors (Lipinski definition) is 1. The van der Waals surface area contributed by atoms with Crippen LogP contribution in [0.15, 0.2) is 54.6 Å². The minimum atomic E-state index is -0.459. The first-order valence-electron chi connectivity index (χ1n) is 8.57. The Morgan fingerprint density at radius 2 is 1.62 bits per heavy atom. The van der Waals surface area contributed by atoms with E-state index in [1.165, 1.54) is 17.6 Å². The third kappa shape index (κ3) is 5.62. The predicted molar refractivity (Wildman–Crippen MR) is 103 cm³/mol. The second-order valence-electron chi connectivity index (χ2n) is 7.18. The summed E-state index contributed by atoms with van der Waals surface area (Å²) in [5.41, 5.74) is 2.86. The van der Waals surface area contributed by atoms with E-state index in [1.807, 2.05) is 54.6 Å². The van der Waals surface area contributed by atoms with Gasteiger partial charge in [0.05, 0.1) is 7.11 Å². The van der Waals surface area contributed by atoms with Crippen LogP contribution in [0.4, 0.5) is 10.5 Å². The molecule has 2 aromatic carbocycles. The van der Waals surface area contributed by atoms with Gasteiger partial charge in [0, 0.05) is 12.2 Å². The van der Waals surface area contributed by atoms with Gasteiger partial charge >= 0.3 is 12.0 Å². The summed E-state index contributed by atoms with van der Waals surface area (Å²) in [6.07, 6.45) is 0. The van der Waals surface area contributed by atoms with Crippen LogP contribution in [0.25, 0.3) is 0 Å². The van der Waals surface area contributed by atoms with Crippen molar-refractivity contribution in [3.05, 3.63) is 65.7 Å². The van der Waals surface area contributed by atoms with Crippen molar-refractivity contribution in [3.8, 4) is 0 Å². The van der Waals surface area contributed by atoms with Gasteiger partial charge in [0.25, 0.3) is 0 Å².